The Morgan fingerprint density at radius 1 is 1.21 bits per heavy atom. The third-order valence-electron chi connectivity index (χ3n) is 9.99. The first-order valence-corrected chi connectivity index (χ1v) is 18.3. The highest BCUT2D eigenvalue weighted by Gasteiger charge is 2.45. The second-order valence-electron chi connectivity index (χ2n) is 13.9. The van der Waals surface area contributed by atoms with Gasteiger partial charge >= 0.3 is 6.09 Å². The standard InChI is InChI=1S/C36H47ClN4O6S/c1-7-18-38-35(3,4)33(42)39-48(44,45)27-13-16-32-30(20-27)41(21-25-11-14-28(25)31(8-2)47-34(43)40(5)6)22-36(23-46-32)17-9-10-24-19-26(37)12-15-29(24)36/h7-8,12-13,15-16,19-20,25,28,31,38H,1-2,9-11,14,17-18,21-23H2,3-6H3,(H,39,42)/t25-,28+,31-,36-/m0/s1. The van der Waals surface area contributed by atoms with Crippen molar-refractivity contribution >= 4 is 39.3 Å². The maximum Gasteiger partial charge on any atom is 0.409 e. The Morgan fingerprint density at radius 2 is 1.98 bits per heavy atom. The lowest BCUT2D eigenvalue weighted by Gasteiger charge is -2.46. The Bertz CT molecular complexity index is 1680. The van der Waals surface area contributed by atoms with Crippen LogP contribution in [-0.2, 0) is 31.4 Å². The molecule has 2 aromatic carbocycles. The van der Waals surface area contributed by atoms with E-state index in [-0.39, 0.29) is 22.1 Å². The van der Waals surface area contributed by atoms with Gasteiger partial charge in [0.05, 0.1) is 22.7 Å². The van der Waals surface area contributed by atoms with Gasteiger partial charge in [0, 0.05) is 50.1 Å². The van der Waals surface area contributed by atoms with Gasteiger partial charge in [-0.05, 0) is 93.3 Å². The van der Waals surface area contributed by atoms with Crippen LogP contribution in [0.25, 0.3) is 0 Å². The van der Waals surface area contributed by atoms with Crippen molar-refractivity contribution in [2.75, 3.05) is 45.2 Å². The van der Waals surface area contributed by atoms with E-state index in [2.05, 4.69) is 34.2 Å². The number of carbonyl (C=O) groups is 2. The lowest BCUT2D eigenvalue weighted by molar-refractivity contribution is -0.124. The van der Waals surface area contributed by atoms with Crippen LogP contribution in [0.2, 0.25) is 5.02 Å². The Kier molecular flexibility index (Phi) is 10.5. The van der Waals surface area contributed by atoms with Gasteiger partial charge in [0.1, 0.15) is 11.9 Å². The maximum atomic E-state index is 13.6. The highest BCUT2D eigenvalue weighted by atomic mass is 35.5. The predicted molar refractivity (Wildman–Crippen MR) is 188 cm³/mol. The fourth-order valence-electron chi connectivity index (χ4n) is 7.05. The van der Waals surface area contributed by atoms with Gasteiger partial charge in [0.15, 0.2) is 0 Å². The molecule has 2 N–H and O–H groups in total. The van der Waals surface area contributed by atoms with Crippen LogP contribution in [0.1, 0.15) is 50.7 Å². The van der Waals surface area contributed by atoms with Gasteiger partial charge in [0.25, 0.3) is 15.9 Å². The molecular formula is C36H47ClN4O6S. The number of anilines is 1. The summed E-state index contributed by atoms with van der Waals surface area (Å²) in [6, 6.07) is 10.8. The van der Waals surface area contributed by atoms with E-state index in [0.717, 1.165) is 32.1 Å². The van der Waals surface area contributed by atoms with E-state index in [1.54, 1.807) is 52.2 Å². The summed E-state index contributed by atoms with van der Waals surface area (Å²) in [7, 11) is -0.932. The van der Waals surface area contributed by atoms with E-state index in [1.165, 1.54) is 22.1 Å². The second-order valence-corrected chi connectivity index (χ2v) is 16.1. The fraction of sp³-hybridized carbons (Fsp3) is 0.500. The molecule has 48 heavy (non-hydrogen) atoms. The molecule has 4 atom stereocenters. The summed E-state index contributed by atoms with van der Waals surface area (Å²) in [4.78, 5) is 29.1. The van der Waals surface area contributed by atoms with E-state index in [4.69, 9.17) is 21.1 Å². The quantitative estimate of drug-likeness (QED) is 0.298. The molecular weight excluding hydrogens is 652 g/mol. The van der Waals surface area contributed by atoms with Crippen molar-refractivity contribution < 1.29 is 27.5 Å². The molecule has 2 aromatic rings. The number of carbonyl (C=O) groups excluding carboxylic acids is 2. The van der Waals surface area contributed by atoms with Gasteiger partial charge in [-0.1, -0.05) is 36.4 Å². The van der Waals surface area contributed by atoms with Crippen LogP contribution < -0.4 is 19.7 Å². The summed E-state index contributed by atoms with van der Waals surface area (Å²) in [5.74, 6) is 0.102. The fourth-order valence-corrected chi connectivity index (χ4v) is 8.37. The van der Waals surface area contributed by atoms with Gasteiger partial charge in [-0.2, -0.15) is 0 Å². The smallest absolute Gasteiger partial charge is 0.409 e. The van der Waals surface area contributed by atoms with Crippen LogP contribution in [0, 0.1) is 11.8 Å². The molecule has 5 rings (SSSR count). The topological polar surface area (TPSA) is 117 Å². The predicted octanol–water partition coefficient (Wildman–Crippen LogP) is 5.45. The molecule has 0 saturated heterocycles. The van der Waals surface area contributed by atoms with E-state index in [1.807, 2.05) is 12.1 Å². The highest BCUT2D eigenvalue weighted by Crippen LogP contribution is 2.47. The molecule has 1 fully saturated rings. The first kappa shape index (κ1) is 35.8. The normalized spacial score (nSPS) is 22.6. The van der Waals surface area contributed by atoms with Gasteiger partial charge < -0.3 is 24.6 Å². The summed E-state index contributed by atoms with van der Waals surface area (Å²) in [6.07, 6.45) is 7.00. The molecule has 2 aliphatic carbocycles. The van der Waals surface area contributed by atoms with Crippen molar-refractivity contribution in [2.24, 2.45) is 11.8 Å². The largest absolute Gasteiger partial charge is 0.490 e. The number of aryl methyl sites for hydroxylation is 1. The molecule has 12 heteroatoms. The van der Waals surface area contributed by atoms with Crippen LogP contribution in [-0.4, -0.2) is 77.3 Å². The Balaban J connectivity index is 1.50. The number of hydrogen-bond donors (Lipinski definition) is 2. The van der Waals surface area contributed by atoms with E-state index < -0.39 is 33.7 Å². The number of ether oxygens (including phenoxy) is 2. The minimum absolute atomic E-state index is 0.0384. The number of halogens is 1. The van der Waals surface area contributed by atoms with Crippen molar-refractivity contribution in [1.29, 1.82) is 0 Å². The Hall–Kier alpha value is -3.54. The average Bonchev–Trinajstić information content (AvgIpc) is 3.18. The maximum absolute atomic E-state index is 13.6. The third-order valence-corrected chi connectivity index (χ3v) is 11.6. The van der Waals surface area contributed by atoms with Crippen molar-refractivity contribution in [3.8, 4) is 5.75 Å². The highest BCUT2D eigenvalue weighted by molar-refractivity contribution is 7.90. The summed E-state index contributed by atoms with van der Waals surface area (Å²) < 4.78 is 41.9. The van der Waals surface area contributed by atoms with Crippen LogP contribution in [0.4, 0.5) is 10.5 Å². The van der Waals surface area contributed by atoms with Crippen molar-refractivity contribution in [3.05, 3.63) is 77.9 Å². The molecule has 2 amide bonds. The number of sulfonamides is 1. The summed E-state index contributed by atoms with van der Waals surface area (Å²) in [6.45, 7) is 12.8. The van der Waals surface area contributed by atoms with Crippen LogP contribution in [0.5, 0.6) is 5.75 Å². The zero-order chi connectivity index (χ0) is 34.9. The number of nitrogens with zero attached hydrogens (tertiary/aromatic N) is 2. The van der Waals surface area contributed by atoms with Gasteiger partial charge in [-0.3, -0.25) is 4.79 Å². The van der Waals surface area contributed by atoms with Crippen molar-refractivity contribution in [2.45, 2.75) is 67.9 Å². The van der Waals surface area contributed by atoms with E-state index >= 15 is 0 Å². The number of nitrogens with one attached hydrogen (secondary N) is 2. The Labute approximate surface area is 289 Å². The first-order chi connectivity index (χ1) is 22.7. The third kappa shape index (κ3) is 7.38. The average molecular weight is 699 g/mol. The zero-order valence-corrected chi connectivity index (χ0v) is 29.8. The van der Waals surface area contributed by atoms with Crippen LogP contribution >= 0.6 is 11.6 Å². The molecule has 1 aliphatic heterocycles. The lowest BCUT2D eigenvalue weighted by atomic mass is 9.68. The number of fused-ring (bicyclic) bond motifs is 3. The molecule has 0 aromatic heterocycles. The van der Waals surface area contributed by atoms with E-state index in [9.17, 15) is 18.0 Å². The molecule has 1 spiro atoms. The molecule has 1 heterocycles. The molecule has 10 nitrogen and oxygen atoms in total. The van der Waals surface area contributed by atoms with Crippen molar-refractivity contribution in [1.82, 2.24) is 14.9 Å². The Morgan fingerprint density at radius 3 is 2.65 bits per heavy atom. The van der Waals surface area contributed by atoms with Crippen LogP contribution in [0.15, 0.2) is 66.6 Å². The number of hydrogen-bond acceptors (Lipinski definition) is 8. The summed E-state index contributed by atoms with van der Waals surface area (Å²) in [5.41, 5.74) is 1.52. The SMILES string of the molecule is C=CCNC(C)(C)C(=O)NS(=O)(=O)c1ccc2c(c1)N(C[C@@H]1CC[C@H]1[C@H](C=C)OC(=O)N(C)C)C[C@@]1(CCCc3cc(Cl)ccc31)CO2. The molecule has 3 aliphatic rings. The van der Waals surface area contributed by atoms with Crippen molar-refractivity contribution in [3.63, 3.8) is 0 Å². The second kappa shape index (κ2) is 14.1. The van der Waals surface area contributed by atoms with Crippen LogP contribution in [0.3, 0.4) is 0 Å². The minimum atomic E-state index is -4.23. The van der Waals surface area contributed by atoms with Gasteiger partial charge in [0.2, 0.25) is 0 Å². The van der Waals surface area contributed by atoms with Gasteiger partial charge in [-0.15, -0.1) is 6.58 Å². The lowest BCUT2D eigenvalue weighted by Crippen LogP contribution is -2.53. The number of rotatable bonds is 11. The molecule has 0 unspecified atom stereocenters. The van der Waals surface area contributed by atoms with E-state index in [0.29, 0.717) is 42.7 Å². The minimum Gasteiger partial charge on any atom is -0.490 e. The molecule has 0 radical (unpaired) electrons. The summed E-state index contributed by atoms with van der Waals surface area (Å²) in [5, 5.41) is 3.69. The molecule has 1 saturated carbocycles. The summed E-state index contributed by atoms with van der Waals surface area (Å²) >= 11 is 6.41. The molecule has 0 bridgehead atoms. The monoisotopic (exact) mass is 698 g/mol. The molecule has 260 valence electrons. The van der Waals surface area contributed by atoms with Gasteiger partial charge in [-0.25, -0.2) is 17.9 Å². The zero-order valence-electron chi connectivity index (χ0n) is 28.3. The number of amides is 2. The first-order valence-electron chi connectivity index (χ1n) is 16.4. The number of benzene rings is 2.